The number of halogens is 2. The molecule has 11 heteroatoms. The third kappa shape index (κ3) is 4.84. The second-order valence-corrected chi connectivity index (χ2v) is 4.93. The normalized spacial score (nSPS) is 12.0. The van der Waals surface area contributed by atoms with Gasteiger partial charge in [-0.2, -0.15) is 8.78 Å². The van der Waals surface area contributed by atoms with E-state index in [0.717, 1.165) is 6.21 Å². The number of H-pyrrole nitrogens is 1. The summed E-state index contributed by atoms with van der Waals surface area (Å²) >= 11 is 0. The molecule has 0 aliphatic rings. The van der Waals surface area contributed by atoms with Gasteiger partial charge in [-0.1, -0.05) is 6.92 Å². The smallest absolute Gasteiger partial charge is 0.388 e. The Bertz CT molecular complexity index is 680. The highest BCUT2D eigenvalue weighted by Crippen LogP contribution is 2.20. The van der Waals surface area contributed by atoms with E-state index in [-0.39, 0.29) is 24.2 Å². The van der Waals surface area contributed by atoms with Gasteiger partial charge < -0.3 is 25.9 Å². The van der Waals surface area contributed by atoms with Crippen LogP contribution in [0.25, 0.3) is 0 Å². The predicted octanol–water partition coefficient (Wildman–Crippen LogP) is 1.58. The maximum absolute atomic E-state index is 12.1. The van der Waals surface area contributed by atoms with Gasteiger partial charge in [-0.05, 0) is 5.92 Å². The average molecular weight is 341 g/mol. The van der Waals surface area contributed by atoms with E-state index in [9.17, 15) is 8.78 Å². The van der Waals surface area contributed by atoms with Crippen LogP contribution in [-0.4, -0.2) is 51.2 Å². The van der Waals surface area contributed by atoms with Crippen molar-refractivity contribution in [3.63, 3.8) is 0 Å². The Morgan fingerprint density at radius 1 is 1.50 bits per heavy atom. The summed E-state index contributed by atoms with van der Waals surface area (Å²) in [5, 5.41) is 28.2. The molecule has 2 aromatic heterocycles. The minimum atomic E-state index is -2.96. The van der Waals surface area contributed by atoms with Crippen LogP contribution in [0, 0.1) is 11.3 Å². The first-order valence-electron chi connectivity index (χ1n) is 7.01. The molecule has 9 nitrogen and oxygen atoms in total. The van der Waals surface area contributed by atoms with Crippen molar-refractivity contribution in [3.8, 4) is 5.88 Å². The maximum atomic E-state index is 12.1. The molecule has 0 aromatic carbocycles. The molecule has 0 aliphatic heterocycles. The Balaban J connectivity index is 2.09. The monoisotopic (exact) mass is 341 g/mol. The van der Waals surface area contributed by atoms with Crippen LogP contribution in [-0.2, 0) is 0 Å². The van der Waals surface area contributed by atoms with Crippen molar-refractivity contribution in [2.24, 2.45) is 5.92 Å². The minimum Gasteiger partial charge on any atom is -0.415 e. The molecule has 0 saturated carbocycles. The molecular formula is C13H17F2N7O2. The molecule has 0 unspecified atom stereocenters. The number of aliphatic hydroxyl groups excluding tert-OH is 1. The zero-order valence-electron chi connectivity index (χ0n) is 12.8. The van der Waals surface area contributed by atoms with E-state index in [0.29, 0.717) is 23.9 Å². The van der Waals surface area contributed by atoms with Gasteiger partial charge in [0.05, 0.1) is 6.20 Å². The summed E-state index contributed by atoms with van der Waals surface area (Å²) in [6, 6.07) is 1.25. The molecule has 1 atom stereocenters. The predicted molar refractivity (Wildman–Crippen MR) is 83.2 cm³/mol. The summed E-state index contributed by atoms with van der Waals surface area (Å²) in [5.74, 6) is 0.707. The summed E-state index contributed by atoms with van der Waals surface area (Å²) in [6.07, 6.45) is 2.43. The highest BCUT2D eigenvalue weighted by molar-refractivity contribution is 5.82. The van der Waals surface area contributed by atoms with Crippen LogP contribution < -0.4 is 15.4 Å². The fraction of sp³-hybridized carbons (Fsp3) is 0.385. The van der Waals surface area contributed by atoms with Crippen LogP contribution in [0.2, 0.25) is 0 Å². The number of ether oxygens (including phenoxy) is 1. The third-order valence-corrected chi connectivity index (χ3v) is 2.89. The van der Waals surface area contributed by atoms with Crippen molar-refractivity contribution in [3.05, 3.63) is 18.0 Å². The number of rotatable bonds is 9. The van der Waals surface area contributed by atoms with Crippen LogP contribution in [0.4, 0.5) is 26.2 Å². The average Bonchev–Trinajstić information content (AvgIpc) is 2.98. The van der Waals surface area contributed by atoms with E-state index < -0.39 is 6.61 Å². The molecule has 0 fully saturated rings. The molecule has 0 spiro atoms. The number of nitrogens with zero attached hydrogens (tertiary/aromatic N) is 3. The van der Waals surface area contributed by atoms with E-state index in [4.69, 9.17) is 10.5 Å². The number of aromatic amines is 1. The minimum absolute atomic E-state index is 0.00339. The fourth-order valence-electron chi connectivity index (χ4n) is 1.69. The van der Waals surface area contributed by atoms with E-state index in [1.165, 1.54) is 12.3 Å². The van der Waals surface area contributed by atoms with Crippen molar-refractivity contribution in [1.29, 1.82) is 5.41 Å². The van der Waals surface area contributed by atoms with Crippen LogP contribution in [0.1, 0.15) is 12.6 Å². The lowest BCUT2D eigenvalue weighted by atomic mass is 10.2. The van der Waals surface area contributed by atoms with Gasteiger partial charge in [0, 0.05) is 25.4 Å². The topological polar surface area (TPSA) is 132 Å². The zero-order valence-corrected chi connectivity index (χ0v) is 12.8. The number of hydrogen-bond donors (Lipinski definition) is 5. The molecule has 24 heavy (non-hydrogen) atoms. The van der Waals surface area contributed by atoms with Gasteiger partial charge in [0.15, 0.2) is 11.6 Å². The SMILES string of the molecule is C[C@H](CO)CNc1nc(Nc2cc(OC(F)F)n[nH]2)cnc1C=N. The second kappa shape index (κ2) is 8.15. The van der Waals surface area contributed by atoms with Crippen LogP contribution >= 0.6 is 0 Å². The largest absolute Gasteiger partial charge is 0.415 e. The molecule has 0 saturated heterocycles. The van der Waals surface area contributed by atoms with Gasteiger partial charge in [0.25, 0.3) is 0 Å². The summed E-state index contributed by atoms with van der Waals surface area (Å²) in [5.41, 5.74) is 0.331. The molecule has 0 radical (unpaired) electrons. The van der Waals surface area contributed by atoms with Gasteiger partial charge >= 0.3 is 6.61 Å². The third-order valence-electron chi connectivity index (χ3n) is 2.89. The molecular weight excluding hydrogens is 324 g/mol. The molecule has 130 valence electrons. The Kier molecular flexibility index (Phi) is 5.95. The zero-order chi connectivity index (χ0) is 17.5. The van der Waals surface area contributed by atoms with Crippen molar-refractivity contribution in [2.45, 2.75) is 13.5 Å². The van der Waals surface area contributed by atoms with Crippen molar-refractivity contribution in [2.75, 3.05) is 23.8 Å². The number of anilines is 3. The van der Waals surface area contributed by atoms with Crippen molar-refractivity contribution in [1.82, 2.24) is 20.2 Å². The van der Waals surface area contributed by atoms with Crippen LogP contribution in [0.15, 0.2) is 12.3 Å². The van der Waals surface area contributed by atoms with E-state index in [1.54, 1.807) is 0 Å². The lowest BCUT2D eigenvalue weighted by Gasteiger charge is -2.12. The standard InChI is InChI=1S/C13H17F2N7O2/c1-7(6-23)4-18-12-8(3-16)17-5-10(20-12)19-9-2-11(22-21-9)24-13(14)15/h2-3,5,7,13,16,23H,4,6H2,1H3,(H3,18,19,20,21,22)/t7-/m0/s1. The Morgan fingerprint density at radius 3 is 2.96 bits per heavy atom. The van der Waals surface area contributed by atoms with Gasteiger partial charge in [0.1, 0.15) is 11.5 Å². The lowest BCUT2D eigenvalue weighted by molar-refractivity contribution is -0.0528. The molecule has 0 bridgehead atoms. The van der Waals surface area contributed by atoms with Gasteiger partial charge in [-0.3, -0.25) is 5.10 Å². The fourth-order valence-corrected chi connectivity index (χ4v) is 1.69. The van der Waals surface area contributed by atoms with E-state index in [1.807, 2.05) is 6.92 Å². The Labute approximate surface area is 136 Å². The first kappa shape index (κ1) is 17.5. The number of alkyl halides is 2. The van der Waals surface area contributed by atoms with Gasteiger partial charge in [-0.25, -0.2) is 9.97 Å². The van der Waals surface area contributed by atoms with E-state index in [2.05, 4.69) is 35.5 Å². The highest BCUT2D eigenvalue weighted by Gasteiger charge is 2.11. The van der Waals surface area contributed by atoms with Gasteiger partial charge in [0.2, 0.25) is 5.88 Å². The first-order valence-corrected chi connectivity index (χ1v) is 7.01. The first-order chi connectivity index (χ1) is 11.5. The second-order valence-electron chi connectivity index (χ2n) is 4.93. The number of aromatic nitrogens is 4. The van der Waals surface area contributed by atoms with E-state index >= 15 is 0 Å². The summed E-state index contributed by atoms with van der Waals surface area (Å²) in [6.45, 7) is -0.648. The Morgan fingerprint density at radius 2 is 2.29 bits per heavy atom. The molecule has 2 heterocycles. The van der Waals surface area contributed by atoms with Crippen molar-refractivity contribution < 1.29 is 18.6 Å². The summed E-state index contributed by atoms with van der Waals surface area (Å²) in [4.78, 5) is 8.33. The quantitative estimate of drug-likeness (QED) is 0.437. The molecule has 0 amide bonds. The summed E-state index contributed by atoms with van der Waals surface area (Å²) < 4.78 is 28.4. The Hall–Kier alpha value is -2.82. The van der Waals surface area contributed by atoms with Gasteiger partial charge in [-0.15, -0.1) is 5.10 Å². The maximum Gasteiger partial charge on any atom is 0.388 e. The molecule has 0 aliphatic carbocycles. The summed E-state index contributed by atoms with van der Waals surface area (Å²) in [7, 11) is 0. The van der Waals surface area contributed by atoms with Crippen LogP contribution in [0.5, 0.6) is 5.88 Å². The molecule has 2 aromatic rings. The number of aliphatic hydroxyl groups is 1. The molecule has 2 rings (SSSR count). The lowest BCUT2D eigenvalue weighted by Crippen LogP contribution is -2.17. The number of hydrogen-bond acceptors (Lipinski definition) is 8. The molecule has 5 N–H and O–H groups in total. The van der Waals surface area contributed by atoms with Crippen LogP contribution in [0.3, 0.4) is 0 Å². The number of nitrogens with one attached hydrogen (secondary N) is 4. The van der Waals surface area contributed by atoms with Crippen molar-refractivity contribution >= 4 is 23.7 Å². The highest BCUT2D eigenvalue weighted by atomic mass is 19.3.